The van der Waals surface area contributed by atoms with Gasteiger partial charge in [-0.1, -0.05) is 0 Å². The molecule has 2 rings (SSSR count). The lowest BCUT2D eigenvalue weighted by molar-refractivity contribution is -0.265. The van der Waals surface area contributed by atoms with Crippen LogP contribution in [-0.2, 0) is 12.4 Å². The Morgan fingerprint density at radius 2 is 1.52 bits per heavy atom. The summed E-state index contributed by atoms with van der Waals surface area (Å²) in [4.78, 5) is 12.8. The van der Waals surface area contributed by atoms with Crippen molar-refractivity contribution in [3.8, 4) is 0 Å². The van der Waals surface area contributed by atoms with Crippen molar-refractivity contribution in [1.82, 2.24) is 4.90 Å². The van der Waals surface area contributed by atoms with Gasteiger partial charge in [0.15, 0.2) is 0 Å². The van der Waals surface area contributed by atoms with Crippen LogP contribution in [0.25, 0.3) is 0 Å². The fraction of sp³-hybridized carbons (Fsp3) is 0.462. The molecule has 4 nitrogen and oxygen atoms in total. The normalized spacial score (nSPS) is 16.6. The number of hydrogen-bond acceptors (Lipinski definition) is 3. The minimum atomic E-state index is -4.96. The first-order chi connectivity index (χ1) is 10.5. The zero-order valence-corrected chi connectivity index (χ0v) is 11.5. The number of anilines is 1. The van der Waals surface area contributed by atoms with Crippen molar-refractivity contribution in [2.45, 2.75) is 12.4 Å². The Bertz CT molecular complexity index is 591. The fourth-order valence-corrected chi connectivity index (χ4v) is 2.35. The third-order valence-electron chi connectivity index (χ3n) is 3.51. The number of rotatable bonds is 1. The minimum Gasteiger partial charge on any atom is -0.530 e. The van der Waals surface area contributed by atoms with Gasteiger partial charge in [-0.3, -0.25) is 0 Å². The van der Waals surface area contributed by atoms with E-state index >= 15 is 0 Å². The predicted molar refractivity (Wildman–Crippen MR) is 65.6 cm³/mol. The van der Waals surface area contributed by atoms with E-state index in [0.717, 1.165) is 11.0 Å². The third-order valence-corrected chi connectivity index (χ3v) is 3.51. The zero-order valence-electron chi connectivity index (χ0n) is 11.5. The Morgan fingerprint density at radius 3 is 1.96 bits per heavy atom. The first-order valence-corrected chi connectivity index (χ1v) is 6.49. The van der Waals surface area contributed by atoms with Crippen LogP contribution in [0, 0.1) is 0 Å². The van der Waals surface area contributed by atoms with E-state index in [1.54, 1.807) is 0 Å². The van der Waals surface area contributed by atoms with Crippen LogP contribution in [0.3, 0.4) is 0 Å². The molecule has 0 bridgehead atoms. The maximum atomic E-state index is 13.1. The van der Waals surface area contributed by atoms with Crippen LogP contribution in [0.2, 0.25) is 0 Å². The maximum absolute atomic E-state index is 13.1. The second-order valence-electron chi connectivity index (χ2n) is 4.97. The van der Waals surface area contributed by atoms with Crippen LogP contribution in [0.1, 0.15) is 11.1 Å². The number of hydrogen-bond donors (Lipinski definition) is 0. The second kappa shape index (κ2) is 5.82. The number of alkyl halides is 6. The van der Waals surface area contributed by atoms with Crippen LogP contribution < -0.4 is 10.0 Å². The summed E-state index contributed by atoms with van der Waals surface area (Å²) >= 11 is 0. The molecule has 1 aromatic rings. The van der Waals surface area contributed by atoms with E-state index < -0.39 is 35.3 Å². The van der Waals surface area contributed by atoms with Crippen molar-refractivity contribution < 1.29 is 36.2 Å². The molecule has 1 aliphatic heterocycles. The Hall–Kier alpha value is -2.13. The van der Waals surface area contributed by atoms with Crippen molar-refractivity contribution in [2.24, 2.45) is 0 Å². The summed E-state index contributed by atoms with van der Waals surface area (Å²) in [6, 6.07) is 1.41. The molecule has 10 heteroatoms. The highest BCUT2D eigenvalue weighted by molar-refractivity contribution is 5.64. The maximum Gasteiger partial charge on any atom is 0.418 e. The van der Waals surface area contributed by atoms with E-state index in [4.69, 9.17) is 0 Å². The Kier molecular flexibility index (Phi) is 4.36. The van der Waals surface area contributed by atoms with Gasteiger partial charge in [-0.05, 0) is 18.2 Å². The van der Waals surface area contributed by atoms with E-state index in [1.165, 1.54) is 4.90 Å². The number of nitrogens with zero attached hydrogens (tertiary/aromatic N) is 2. The summed E-state index contributed by atoms with van der Waals surface area (Å²) in [6.45, 7) is -0.299. The van der Waals surface area contributed by atoms with Crippen molar-refractivity contribution in [3.05, 3.63) is 29.3 Å². The Morgan fingerprint density at radius 1 is 0.957 bits per heavy atom. The quantitative estimate of drug-likeness (QED) is 0.736. The number of carboxylic acid groups (broad SMARTS) is 1. The number of piperazine rings is 1. The first-order valence-electron chi connectivity index (χ1n) is 6.49. The van der Waals surface area contributed by atoms with Crippen LogP contribution >= 0.6 is 0 Å². The molecular weight excluding hydrogens is 330 g/mol. The molecule has 128 valence electrons. The van der Waals surface area contributed by atoms with Gasteiger partial charge in [-0.25, -0.2) is 0 Å². The number of carbonyl (C=O) groups is 1. The van der Waals surface area contributed by atoms with Crippen molar-refractivity contribution >= 4 is 11.8 Å². The van der Waals surface area contributed by atoms with Gasteiger partial charge in [0.1, 0.15) is 6.09 Å². The summed E-state index contributed by atoms with van der Waals surface area (Å²) in [5.41, 5.74) is -3.18. The molecule has 23 heavy (non-hydrogen) atoms. The van der Waals surface area contributed by atoms with Crippen molar-refractivity contribution in [3.63, 3.8) is 0 Å². The molecule has 1 saturated heterocycles. The van der Waals surface area contributed by atoms with E-state index in [2.05, 4.69) is 0 Å². The summed E-state index contributed by atoms with van der Waals surface area (Å²) < 4.78 is 77.0. The SMILES string of the molecule is O=C([O-])N1CCN(c2ccc(C(F)(F)F)cc2C(F)(F)F)CC1. The molecular formula is C13H11F6N2O2-. The fourth-order valence-electron chi connectivity index (χ4n) is 2.35. The van der Waals surface area contributed by atoms with Gasteiger partial charge in [0.2, 0.25) is 0 Å². The van der Waals surface area contributed by atoms with Gasteiger partial charge >= 0.3 is 12.4 Å². The Balaban J connectivity index is 2.34. The average molecular weight is 341 g/mol. The molecule has 0 aromatic heterocycles. The number of halogens is 6. The van der Waals surface area contributed by atoms with Gasteiger partial charge in [-0.15, -0.1) is 0 Å². The third kappa shape index (κ3) is 3.80. The van der Waals surface area contributed by atoms with Gasteiger partial charge in [0.25, 0.3) is 0 Å². The summed E-state index contributed by atoms with van der Waals surface area (Å²) in [5, 5.41) is 10.7. The van der Waals surface area contributed by atoms with Gasteiger partial charge < -0.3 is 19.7 Å². The van der Waals surface area contributed by atoms with Gasteiger partial charge in [0.05, 0.1) is 11.1 Å². The second-order valence-corrected chi connectivity index (χ2v) is 4.97. The first kappa shape index (κ1) is 17.2. The summed E-state index contributed by atoms with van der Waals surface area (Å²) in [7, 11) is 0. The molecule has 0 unspecified atom stereocenters. The van der Waals surface area contributed by atoms with Crippen LogP contribution in [0.15, 0.2) is 18.2 Å². The highest BCUT2D eigenvalue weighted by Gasteiger charge is 2.39. The lowest BCUT2D eigenvalue weighted by atomic mass is 10.1. The molecule has 0 saturated carbocycles. The average Bonchev–Trinajstić information content (AvgIpc) is 2.45. The van der Waals surface area contributed by atoms with Crippen LogP contribution in [-0.4, -0.2) is 37.2 Å². The van der Waals surface area contributed by atoms with E-state index in [0.29, 0.717) is 6.07 Å². The topological polar surface area (TPSA) is 46.6 Å². The standard InChI is InChI=1S/C13H12F6N2O2/c14-12(15,16)8-1-2-10(9(7-8)13(17,18)19)20-3-5-21(6-4-20)11(22)23/h1-2,7H,3-6H2,(H,22,23)/p-1. The molecule has 1 aliphatic rings. The Labute approximate surface area is 126 Å². The highest BCUT2D eigenvalue weighted by atomic mass is 19.4. The molecule has 0 atom stereocenters. The van der Waals surface area contributed by atoms with E-state index in [9.17, 15) is 36.2 Å². The lowest BCUT2D eigenvalue weighted by Crippen LogP contribution is -2.53. The molecule has 0 aliphatic carbocycles. The summed E-state index contributed by atoms with van der Waals surface area (Å²) in [5.74, 6) is 0. The number of carbonyl (C=O) groups excluding carboxylic acids is 1. The highest BCUT2D eigenvalue weighted by Crippen LogP contribution is 2.40. The molecule has 1 fully saturated rings. The molecule has 0 spiro atoms. The summed E-state index contributed by atoms with van der Waals surface area (Å²) in [6.07, 6.45) is -11.3. The van der Waals surface area contributed by atoms with Gasteiger partial charge in [-0.2, -0.15) is 26.3 Å². The minimum absolute atomic E-state index is 0.0670. The largest absolute Gasteiger partial charge is 0.530 e. The van der Waals surface area contributed by atoms with Crippen molar-refractivity contribution in [1.29, 1.82) is 0 Å². The zero-order chi connectivity index (χ0) is 17.4. The monoisotopic (exact) mass is 341 g/mol. The number of benzene rings is 1. The molecule has 1 aromatic carbocycles. The van der Waals surface area contributed by atoms with Crippen LogP contribution in [0.5, 0.6) is 0 Å². The molecule has 0 radical (unpaired) electrons. The van der Waals surface area contributed by atoms with E-state index in [1.807, 2.05) is 0 Å². The van der Waals surface area contributed by atoms with Crippen LogP contribution in [0.4, 0.5) is 36.8 Å². The van der Waals surface area contributed by atoms with E-state index in [-0.39, 0.29) is 32.2 Å². The van der Waals surface area contributed by atoms with Gasteiger partial charge in [0, 0.05) is 31.9 Å². The van der Waals surface area contributed by atoms with Crippen molar-refractivity contribution in [2.75, 3.05) is 31.1 Å². The number of amides is 1. The molecule has 1 heterocycles. The smallest absolute Gasteiger partial charge is 0.418 e. The lowest BCUT2D eigenvalue weighted by Gasteiger charge is -2.38. The molecule has 1 amide bonds. The molecule has 0 N–H and O–H groups in total. The predicted octanol–water partition coefficient (Wildman–Crippen LogP) is 2.19.